The minimum atomic E-state index is -3.77. The van der Waals surface area contributed by atoms with Crippen molar-refractivity contribution >= 4 is 21.9 Å². The van der Waals surface area contributed by atoms with Crippen LogP contribution in [-0.2, 0) is 14.8 Å². The van der Waals surface area contributed by atoms with Crippen LogP contribution in [0.2, 0.25) is 0 Å². The minimum Gasteiger partial charge on any atom is -0.368 e. The van der Waals surface area contributed by atoms with Gasteiger partial charge in [0.15, 0.2) is 0 Å². The highest BCUT2D eigenvalue weighted by molar-refractivity contribution is 7.89. The third-order valence-corrected chi connectivity index (χ3v) is 3.02. The molecule has 0 saturated carbocycles. The highest BCUT2D eigenvalue weighted by atomic mass is 32.2. The molecule has 0 spiro atoms. The first-order valence-corrected chi connectivity index (χ1v) is 5.72. The summed E-state index contributed by atoms with van der Waals surface area (Å²) in [5.74, 6) is -0.467. The molecule has 4 N–H and O–H groups in total. The van der Waals surface area contributed by atoms with E-state index in [1.54, 1.807) is 0 Å². The molecule has 0 atom stereocenters. The summed E-state index contributed by atoms with van der Waals surface area (Å²) in [5, 5.41) is 2.28. The van der Waals surface area contributed by atoms with Gasteiger partial charge in [0.1, 0.15) is 4.90 Å². The zero-order chi connectivity index (χ0) is 12.2. The van der Waals surface area contributed by atoms with Gasteiger partial charge in [-0.05, 0) is 0 Å². The van der Waals surface area contributed by atoms with E-state index >= 15 is 0 Å². The summed E-state index contributed by atoms with van der Waals surface area (Å²) < 4.78 is 25.2. The molecule has 9 heteroatoms. The van der Waals surface area contributed by atoms with E-state index < -0.39 is 15.9 Å². The Morgan fingerprint density at radius 2 is 2.00 bits per heavy atom. The molecule has 0 fully saturated rings. The number of anilines is 1. The lowest BCUT2D eigenvalue weighted by atomic mass is 10.6. The quantitative estimate of drug-likeness (QED) is 0.567. The summed E-state index contributed by atoms with van der Waals surface area (Å²) in [4.78, 5) is 17.8. The van der Waals surface area contributed by atoms with E-state index in [0.29, 0.717) is 0 Å². The van der Waals surface area contributed by atoms with Crippen molar-refractivity contribution in [1.82, 2.24) is 20.0 Å². The predicted molar refractivity (Wildman–Crippen MR) is 55.7 cm³/mol. The van der Waals surface area contributed by atoms with Gasteiger partial charge in [-0.2, -0.15) is 0 Å². The molecule has 0 unspecified atom stereocenters. The van der Waals surface area contributed by atoms with E-state index in [-0.39, 0.29) is 17.4 Å². The Hall–Kier alpha value is -1.74. The fourth-order valence-electron chi connectivity index (χ4n) is 0.797. The molecule has 8 nitrogen and oxygen atoms in total. The van der Waals surface area contributed by atoms with Gasteiger partial charge in [0.25, 0.3) is 0 Å². The highest BCUT2D eigenvalue weighted by Crippen LogP contribution is 2.04. The van der Waals surface area contributed by atoms with E-state index in [4.69, 9.17) is 5.73 Å². The van der Waals surface area contributed by atoms with Crippen LogP contribution in [0, 0.1) is 0 Å². The Bertz CT molecular complexity index is 469. The Kier molecular flexibility index (Phi) is 3.74. The first kappa shape index (κ1) is 12.3. The van der Waals surface area contributed by atoms with Crippen LogP contribution >= 0.6 is 0 Å². The normalized spacial score (nSPS) is 11.1. The van der Waals surface area contributed by atoms with Crippen LogP contribution in [0.5, 0.6) is 0 Å². The van der Waals surface area contributed by atoms with Gasteiger partial charge in [-0.1, -0.05) is 0 Å². The third-order valence-electron chi connectivity index (χ3n) is 1.66. The average Bonchev–Trinajstić information content (AvgIpc) is 2.26. The smallest absolute Gasteiger partial charge is 0.244 e. The zero-order valence-electron chi connectivity index (χ0n) is 8.47. The molecule has 0 aromatic carbocycles. The van der Waals surface area contributed by atoms with Crippen LogP contribution < -0.4 is 15.8 Å². The minimum absolute atomic E-state index is 0.0229. The number of nitrogens with one attached hydrogen (secondary N) is 2. The lowest BCUT2D eigenvalue weighted by molar-refractivity contribution is -0.119. The molecule has 1 aromatic rings. The van der Waals surface area contributed by atoms with E-state index in [0.717, 1.165) is 12.4 Å². The summed E-state index contributed by atoms with van der Waals surface area (Å²) in [6, 6.07) is 0. The van der Waals surface area contributed by atoms with Crippen LogP contribution in [-0.4, -0.2) is 37.9 Å². The van der Waals surface area contributed by atoms with Crippen molar-refractivity contribution in [1.29, 1.82) is 0 Å². The van der Waals surface area contributed by atoms with Crippen molar-refractivity contribution in [2.45, 2.75) is 4.90 Å². The van der Waals surface area contributed by atoms with Crippen LogP contribution in [0.15, 0.2) is 17.3 Å². The number of hydrogen-bond donors (Lipinski definition) is 3. The Labute approximate surface area is 92.3 Å². The molecule has 0 bridgehead atoms. The Balaban J connectivity index is 2.78. The van der Waals surface area contributed by atoms with Gasteiger partial charge in [-0.15, -0.1) is 0 Å². The molecule has 1 heterocycles. The van der Waals surface area contributed by atoms with Crippen LogP contribution in [0.1, 0.15) is 0 Å². The summed E-state index contributed by atoms with van der Waals surface area (Å²) in [7, 11) is -2.37. The van der Waals surface area contributed by atoms with Crippen molar-refractivity contribution < 1.29 is 13.2 Å². The van der Waals surface area contributed by atoms with Crippen LogP contribution in [0.3, 0.4) is 0 Å². The van der Waals surface area contributed by atoms with Crippen LogP contribution in [0.4, 0.5) is 5.95 Å². The summed E-state index contributed by atoms with van der Waals surface area (Å²) in [6.45, 7) is -0.344. The molecular weight excluding hydrogens is 234 g/mol. The number of sulfonamides is 1. The first-order valence-electron chi connectivity index (χ1n) is 4.23. The summed E-state index contributed by atoms with van der Waals surface area (Å²) >= 11 is 0. The molecule has 0 aliphatic rings. The van der Waals surface area contributed by atoms with E-state index in [2.05, 4.69) is 20.0 Å². The maximum atomic E-state index is 11.6. The molecule has 1 aromatic heterocycles. The van der Waals surface area contributed by atoms with Crippen molar-refractivity contribution in [3.05, 3.63) is 12.4 Å². The topological polar surface area (TPSA) is 127 Å². The Morgan fingerprint density at radius 1 is 1.44 bits per heavy atom. The number of rotatable bonds is 4. The van der Waals surface area contributed by atoms with E-state index in [1.165, 1.54) is 7.05 Å². The number of nitrogen functional groups attached to an aromatic ring is 1. The molecule has 1 amide bonds. The van der Waals surface area contributed by atoms with Gasteiger partial charge in [0, 0.05) is 7.05 Å². The molecule has 0 aliphatic heterocycles. The zero-order valence-corrected chi connectivity index (χ0v) is 9.28. The van der Waals surface area contributed by atoms with Crippen molar-refractivity contribution in [2.24, 2.45) is 0 Å². The third kappa shape index (κ3) is 3.14. The van der Waals surface area contributed by atoms with E-state index in [1.807, 2.05) is 0 Å². The van der Waals surface area contributed by atoms with Gasteiger partial charge in [-0.3, -0.25) is 4.79 Å². The van der Waals surface area contributed by atoms with Crippen LogP contribution in [0.25, 0.3) is 0 Å². The molecular formula is C7H11N5O3S. The molecule has 1 rings (SSSR count). The monoisotopic (exact) mass is 245 g/mol. The number of nitrogens with zero attached hydrogens (tertiary/aromatic N) is 2. The average molecular weight is 245 g/mol. The molecule has 0 saturated heterocycles. The summed E-state index contributed by atoms with van der Waals surface area (Å²) in [5.41, 5.74) is 5.21. The first-order chi connectivity index (χ1) is 7.45. The number of likely N-dealkylation sites (N-methyl/N-ethyl adjacent to an activating group) is 1. The number of carbonyl (C=O) groups is 1. The number of carbonyl (C=O) groups excluding carboxylic acids is 1. The second kappa shape index (κ2) is 4.86. The number of hydrogen-bond acceptors (Lipinski definition) is 6. The van der Waals surface area contributed by atoms with Gasteiger partial charge in [0.2, 0.25) is 21.9 Å². The lowest BCUT2D eigenvalue weighted by Gasteiger charge is -2.04. The van der Waals surface area contributed by atoms with Gasteiger partial charge < -0.3 is 11.1 Å². The van der Waals surface area contributed by atoms with Gasteiger partial charge in [-0.25, -0.2) is 23.1 Å². The largest absolute Gasteiger partial charge is 0.368 e. The van der Waals surface area contributed by atoms with Gasteiger partial charge in [0.05, 0.1) is 18.9 Å². The molecule has 88 valence electrons. The standard InChI is InChI=1S/C7H11N5O3S/c1-9-6(13)4-12-16(14,15)5-2-10-7(8)11-3-5/h2-3,12H,4H2,1H3,(H,9,13)(H2,8,10,11). The number of amides is 1. The number of aromatic nitrogens is 2. The SMILES string of the molecule is CNC(=O)CNS(=O)(=O)c1cnc(N)nc1. The summed E-state index contributed by atoms with van der Waals surface area (Å²) in [6.07, 6.45) is 2.13. The van der Waals surface area contributed by atoms with Crippen molar-refractivity contribution in [2.75, 3.05) is 19.3 Å². The number of nitrogens with two attached hydrogens (primary N) is 1. The maximum absolute atomic E-state index is 11.6. The molecule has 16 heavy (non-hydrogen) atoms. The maximum Gasteiger partial charge on any atom is 0.244 e. The predicted octanol–water partition coefficient (Wildman–Crippen LogP) is -1.92. The fourth-order valence-corrected chi connectivity index (χ4v) is 1.67. The molecule has 0 radical (unpaired) electrons. The van der Waals surface area contributed by atoms with Crippen molar-refractivity contribution in [3.8, 4) is 0 Å². The second-order valence-corrected chi connectivity index (χ2v) is 4.54. The molecule has 0 aliphatic carbocycles. The van der Waals surface area contributed by atoms with E-state index in [9.17, 15) is 13.2 Å². The second-order valence-electron chi connectivity index (χ2n) is 2.77. The Morgan fingerprint density at radius 3 is 2.50 bits per heavy atom. The fraction of sp³-hybridized carbons (Fsp3) is 0.286. The van der Waals surface area contributed by atoms with Gasteiger partial charge >= 0.3 is 0 Å². The lowest BCUT2D eigenvalue weighted by Crippen LogP contribution is -2.35. The highest BCUT2D eigenvalue weighted by Gasteiger charge is 2.15. The van der Waals surface area contributed by atoms with Crippen molar-refractivity contribution in [3.63, 3.8) is 0 Å².